The van der Waals surface area contributed by atoms with Crippen molar-refractivity contribution in [3.63, 3.8) is 0 Å². The Hall–Kier alpha value is -2.55. The predicted octanol–water partition coefficient (Wildman–Crippen LogP) is 5.53. The van der Waals surface area contributed by atoms with Crippen LogP contribution < -0.4 is 4.90 Å². The topological polar surface area (TPSA) is 40.5 Å². The lowest BCUT2D eigenvalue weighted by molar-refractivity contribution is 0.0970. The van der Waals surface area contributed by atoms with Gasteiger partial charge >= 0.3 is 0 Å². The van der Waals surface area contributed by atoms with Crippen LogP contribution in [-0.4, -0.2) is 16.6 Å². The Kier molecular flexibility index (Phi) is 4.22. The van der Waals surface area contributed by atoms with Crippen molar-refractivity contribution in [2.45, 2.75) is 52.5 Å². The Labute approximate surface area is 156 Å². The van der Waals surface area contributed by atoms with Gasteiger partial charge in [0.2, 0.25) is 0 Å². The maximum Gasteiger partial charge on any atom is 0.259 e. The van der Waals surface area contributed by atoms with Crippen LogP contribution in [-0.2, 0) is 5.41 Å². The van der Waals surface area contributed by atoms with Crippen molar-refractivity contribution in [1.82, 2.24) is 0 Å². The molecule has 0 atom stereocenters. The molecule has 0 saturated carbocycles. The molecule has 1 amide bonds. The number of allylic oxidation sites excluding steroid dienone is 1. The van der Waals surface area contributed by atoms with Gasteiger partial charge in [0.05, 0.1) is 11.2 Å². The molecule has 0 radical (unpaired) electrons. The Balaban J connectivity index is 2.06. The van der Waals surface area contributed by atoms with E-state index in [4.69, 9.17) is 0 Å². The summed E-state index contributed by atoms with van der Waals surface area (Å²) in [5, 5.41) is 9.85. The first-order valence-corrected chi connectivity index (χ1v) is 8.99. The number of amides is 1. The molecular weight excluding hydrogens is 322 g/mol. The highest BCUT2D eigenvalue weighted by atomic mass is 16.3. The van der Waals surface area contributed by atoms with Crippen LogP contribution in [0.5, 0.6) is 5.75 Å². The first-order chi connectivity index (χ1) is 12.0. The molecule has 3 heteroatoms. The Morgan fingerprint density at radius 2 is 1.65 bits per heavy atom. The van der Waals surface area contributed by atoms with Gasteiger partial charge in [-0.25, -0.2) is 0 Å². The number of hydrogen-bond donors (Lipinski definition) is 1. The minimum atomic E-state index is -0.451. The molecule has 1 aliphatic rings. The number of benzene rings is 2. The third kappa shape index (κ3) is 3.14. The molecule has 3 nitrogen and oxygen atoms in total. The van der Waals surface area contributed by atoms with E-state index >= 15 is 0 Å². The van der Waals surface area contributed by atoms with Gasteiger partial charge < -0.3 is 5.11 Å². The fourth-order valence-corrected chi connectivity index (χ4v) is 3.63. The molecule has 0 spiro atoms. The van der Waals surface area contributed by atoms with Gasteiger partial charge in [0.15, 0.2) is 0 Å². The second kappa shape index (κ2) is 6.01. The van der Waals surface area contributed by atoms with Crippen LogP contribution in [0.2, 0.25) is 0 Å². The van der Waals surface area contributed by atoms with Crippen LogP contribution in [0.1, 0.15) is 63.0 Å². The summed E-state index contributed by atoms with van der Waals surface area (Å²) in [6, 6.07) is 13.1. The lowest BCUT2D eigenvalue weighted by Gasteiger charge is -2.41. The molecular formula is C23H27NO2. The molecule has 0 aromatic heterocycles. The molecule has 0 fully saturated rings. The normalized spacial score (nSPS) is 16.1. The van der Waals surface area contributed by atoms with E-state index in [1.807, 2.05) is 56.0 Å². The average Bonchev–Trinajstić information content (AvgIpc) is 2.54. The number of nitrogens with zero attached hydrogens (tertiary/aromatic N) is 1. The first-order valence-electron chi connectivity index (χ1n) is 8.99. The third-order valence-electron chi connectivity index (χ3n) is 4.99. The summed E-state index contributed by atoms with van der Waals surface area (Å²) in [7, 11) is 0. The van der Waals surface area contributed by atoms with Gasteiger partial charge in [-0.1, -0.05) is 39.0 Å². The number of fused-ring (bicyclic) bond motifs is 1. The average molecular weight is 349 g/mol. The molecule has 136 valence electrons. The molecule has 1 N–H and O–H groups in total. The number of carbonyl (C=O) groups excluding carboxylic acids is 1. The number of hydrogen-bond acceptors (Lipinski definition) is 2. The Bertz CT molecular complexity index is 883. The predicted molar refractivity (Wildman–Crippen MR) is 108 cm³/mol. The van der Waals surface area contributed by atoms with Crippen LogP contribution in [0.15, 0.2) is 48.5 Å². The summed E-state index contributed by atoms with van der Waals surface area (Å²) in [6.07, 6.45) is 2.08. The van der Waals surface area contributed by atoms with Crippen LogP contribution in [0.3, 0.4) is 0 Å². The van der Waals surface area contributed by atoms with Gasteiger partial charge in [-0.2, -0.15) is 0 Å². The van der Waals surface area contributed by atoms with Gasteiger partial charge in [-0.3, -0.25) is 9.69 Å². The molecule has 0 bridgehead atoms. The third-order valence-corrected chi connectivity index (χ3v) is 4.99. The van der Waals surface area contributed by atoms with E-state index in [2.05, 4.69) is 26.8 Å². The number of anilines is 1. The van der Waals surface area contributed by atoms with Crippen molar-refractivity contribution in [2.24, 2.45) is 0 Å². The van der Waals surface area contributed by atoms with Crippen LogP contribution in [0, 0.1) is 0 Å². The number of carbonyl (C=O) groups is 1. The highest BCUT2D eigenvalue weighted by molar-refractivity contribution is 6.10. The van der Waals surface area contributed by atoms with Crippen molar-refractivity contribution in [3.8, 4) is 5.75 Å². The van der Waals surface area contributed by atoms with E-state index in [0.29, 0.717) is 5.56 Å². The van der Waals surface area contributed by atoms with E-state index in [-0.39, 0.29) is 17.1 Å². The summed E-state index contributed by atoms with van der Waals surface area (Å²) < 4.78 is 0. The van der Waals surface area contributed by atoms with E-state index < -0.39 is 5.54 Å². The smallest absolute Gasteiger partial charge is 0.259 e. The molecule has 3 rings (SSSR count). The minimum absolute atomic E-state index is 0.0360. The molecule has 0 unspecified atom stereocenters. The van der Waals surface area contributed by atoms with Gasteiger partial charge in [0, 0.05) is 11.1 Å². The molecule has 2 aromatic rings. The Morgan fingerprint density at radius 1 is 1.04 bits per heavy atom. The maximum absolute atomic E-state index is 13.4. The highest BCUT2D eigenvalue weighted by Gasteiger charge is 2.36. The second-order valence-electron chi connectivity index (χ2n) is 8.65. The molecule has 26 heavy (non-hydrogen) atoms. The van der Waals surface area contributed by atoms with Gasteiger partial charge in [0.1, 0.15) is 5.75 Å². The monoisotopic (exact) mass is 349 g/mol. The largest absolute Gasteiger partial charge is 0.508 e. The Morgan fingerprint density at radius 3 is 2.23 bits per heavy atom. The minimum Gasteiger partial charge on any atom is -0.508 e. The fraction of sp³-hybridized carbons (Fsp3) is 0.348. The SMILES string of the molecule is CC1=CC(C)(C)N(C(=O)c2ccc(C(C)(C)C)cc2)c2ccc(O)cc21. The summed E-state index contributed by atoms with van der Waals surface area (Å²) in [4.78, 5) is 15.2. The van der Waals surface area contributed by atoms with Gasteiger partial charge in [-0.05, 0) is 67.7 Å². The van der Waals surface area contributed by atoms with Crippen molar-refractivity contribution in [3.05, 3.63) is 65.2 Å². The zero-order chi connectivity index (χ0) is 19.3. The van der Waals surface area contributed by atoms with Crippen LogP contribution >= 0.6 is 0 Å². The number of rotatable bonds is 1. The number of aromatic hydroxyl groups is 1. The van der Waals surface area contributed by atoms with E-state index in [1.54, 1.807) is 12.1 Å². The number of phenols is 1. The van der Waals surface area contributed by atoms with Crippen molar-refractivity contribution in [1.29, 1.82) is 0 Å². The first kappa shape index (κ1) is 18.2. The summed E-state index contributed by atoms with van der Waals surface area (Å²) in [5.41, 5.74) is 4.25. The highest BCUT2D eigenvalue weighted by Crippen LogP contribution is 2.41. The van der Waals surface area contributed by atoms with Gasteiger partial charge in [-0.15, -0.1) is 0 Å². The lowest BCUT2D eigenvalue weighted by atomic mass is 9.86. The second-order valence-corrected chi connectivity index (χ2v) is 8.65. The quantitative estimate of drug-likeness (QED) is 0.735. The summed E-state index contributed by atoms with van der Waals surface area (Å²) >= 11 is 0. The standard InChI is InChI=1S/C23H27NO2/c1-15-14-23(5,6)24(20-12-11-18(25)13-19(15)20)21(26)16-7-9-17(10-8-16)22(2,3)4/h7-14,25H,1-6H3. The zero-order valence-electron chi connectivity index (χ0n) is 16.4. The molecule has 0 aliphatic carbocycles. The fourth-order valence-electron chi connectivity index (χ4n) is 3.63. The van der Waals surface area contributed by atoms with Crippen molar-refractivity contribution < 1.29 is 9.90 Å². The molecule has 0 saturated heterocycles. The van der Waals surface area contributed by atoms with Gasteiger partial charge in [0.25, 0.3) is 5.91 Å². The zero-order valence-corrected chi connectivity index (χ0v) is 16.4. The summed E-state index contributed by atoms with van der Waals surface area (Å²) in [5.74, 6) is 0.171. The number of phenolic OH excluding ortho intramolecular Hbond substituents is 1. The van der Waals surface area contributed by atoms with E-state index in [1.165, 1.54) is 5.56 Å². The maximum atomic E-state index is 13.4. The van der Waals surface area contributed by atoms with Crippen LogP contribution in [0.25, 0.3) is 5.57 Å². The van der Waals surface area contributed by atoms with E-state index in [9.17, 15) is 9.90 Å². The van der Waals surface area contributed by atoms with E-state index in [0.717, 1.165) is 16.8 Å². The van der Waals surface area contributed by atoms with Crippen molar-refractivity contribution in [2.75, 3.05) is 4.90 Å². The van der Waals surface area contributed by atoms with Crippen LogP contribution in [0.4, 0.5) is 5.69 Å². The molecule has 1 aliphatic heterocycles. The molecule has 1 heterocycles. The summed E-state index contributed by atoms with van der Waals surface area (Å²) in [6.45, 7) is 12.6. The molecule has 2 aromatic carbocycles. The van der Waals surface area contributed by atoms with Crippen molar-refractivity contribution >= 4 is 17.2 Å². The lowest BCUT2D eigenvalue weighted by Crippen LogP contribution is -2.49.